The van der Waals surface area contributed by atoms with Gasteiger partial charge in [-0.1, -0.05) is 49.4 Å². The normalized spacial score (nSPS) is 15.7. The van der Waals surface area contributed by atoms with Gasteiger partial charge in [0.1, 0.15) is 12.4 Å². The number of benzene rings is 1. The van der Waals surface area contributed by atoms with Gasteiger partial charge < -0.3 is 10.1 Å². The SMILES string of the molecule is O=C(NC1CCCCCC1)c1cc(COc2ccccc2Cl)cs1. The van der Waals surface area contributed by atoms with Gasteiger partial charge in [0.25, 0.3) is 5.91 Å². The smallest absolute Gasteiger partial charge is 0.261 e. The van der Waals surface area contributed by atoms with Crippen molar-refractivity contribution in [3.05, 3.63) is 51.2 Å². The average Bonchev–Trinajstić information content (AvgIpc) is 2.92. The van der Waals surface area contributed by atoms with Gasteiger partial charge in [0.2, 0.25) is 0 Å². The molecule has 1 aliphatic carbocycles. The van der Waals surface area contributed by atoms with Crippen LogP contribution in [-0.4, -0.2) is 11.9 Å². The second-order valence-corrected chi connectivity index (χ2v) is 7.52. The lowest BCUT2D eigenvalue weighted by atomic mass is 10.1. The van der Waals surface area contributed by atoms with Gasteiger partial charge in [-0.3, -0.25) is 4.79 Å². The van der Waals surface area contributed by atoms with Crippen LogP contribution in [0, 0.1) is 0 Å². The van der Waals surface area contributed by atoms with Crippen LogP contribution in [0.2, 0.25) is 5.02 Å². The summed E-state index contributed by atoms with van der Waals surface area (Å²) < 4.78 is 5.73. The molecule has 1 amide bonds. The maximum atomic E-state index is 12.4. The lowest BCUT2D eigenvalue weighted by molar-refractivity contribution is 0.0937. The Bertz CT molecular complexity index is 678. The minimum Gasteiger partial charge on any atom is -0.487 e. The molecule has 1 aromatic heterocycles. The minimum absolute atomic E-state index is 0.0379. The molecule has 5 heteroatoms. The van der Waals surface area contributed by atoms with Crippen LogP contribution in [0.1, 0.15) is 53.8 Å². The molecular weight excluding hydrogens is 342 g/mol. The van der Waals surface area contributed by atoms with Crippen LogP contribution in [-0.2, 0) is 6.61 Å². The molecule has 0 bridgehead atoms. The number of carbonyl (C=O) groups excluding carboxylic acids is 1. The van der Waals surface area contributed by atoms with Gasteiger partial charge in [0, 0.05) is 11.6 Å². The van der Waals surface area contributed by atoms with Gasteiger partial charge in [-0.15, -0.1) is 11.3 Å². The Labute approximate surface area is 152 Å². The highest BCUT2D eigenvalue weighted by molar-refractivity contribution is 7.12. The first-order valence-corrected chi connectivity index (χ1v) is 9.74. The summed E-state index contributed by atoms with van der Waals surface area (Å²) in [5.74, 6) is 0.700. The standard InChI is InChI=1S/C19H22ClNO2S/c20-16-9-5-6-10-17(16)23-12-14-11-18(24-13-14)19(22)21-15-7-3-1-2-4-8-15/h5-6,9-11,13,15H,1-4,7-8,12H2,(H,21,22). The van der Waals surface area contributed by atoms with E-state index in [0.29, 0.717) is 23.4 Å². The molecule has 24 heavy (non-hydrogen) atoms. The van der Waals surface area contributed by atoms with Gasteiger partial charge in [-0.25, -0.2) is 0 Å². The molecule has 1 saturated carbocycles. The highest BCUT2D eigenvalue weighted by Crippen LogP contribution is 2.25. The van der Waals surface area contributed by atoms with Crippen LogP contribution in [0.5, 0.6) is 5.75 Å². The van der Waals surface area contributed by atoms with Crippen molar-refractivity contribution in [2.24, 2.45) is 0 Å². The van der Waals surface area contributed by atoms with Crippen LogP contribution >= 0.6 is 22.9 Å². The molecule has 1 aromatic carbocycles. The zero-order valence-corrected chi connectivity index (χ0v) is 15.2. The summed E-state index contributed by atoms with van der Waals surface area (Å²) >= 11 is 7.55. The monoisotopic (exact) mass is 363 g/mol. The molecule has 0 aliphatic heterocycles. The van der Waals surface area contributed by atoms with Crippen molar-refractivity contribution in [3.63, 3.8) is 0 Å². The number of rotatable bonds is 5. The van der Waals surface area contributed by atoms with Crippen LogP contribution in [0.3, 0.4) is 0 Å². The van der Waals surface area contributed by atoms with E-state index in [1.165, 1.54) is 37.0 Å². The lowest BCUT2D eigenvalue weighted by Gasteiger charge is -2.15. The average molecular weight is 364 g/mol. The summed E-state index contributed by atoms with van der Waals surface area (Å²) in [4.78, 5) is 13.2. The molecule has 3 rings (SSSR count). The van der Waals surface area contributed by atoms with Gasteiger partial charge in [-0.2, -0.15) is 0 Å². The fraction of sp³-hybridized carbons (Fsp3) is 0.421. The molecule has 0 saturated heterocycles. The number of amides is 1. The Hall–Kier alpha value is -1.52. The molecule has 1 fully saturated rings. The quantitative estimate of drug-likeness (QED) is 0.719. The Morgan fingerprint density at radius 1 is 1.21 bits per heavy atom. The maximum Gasteiger partial charge on any atom is 0.261 e. The van der Waals surface area contributed by atoms with E-state index in [1.54, 1.807) is 6.07 Å². The number of thiophene rings is 1. The minimum atomic E-state index is 0.0379. The largest absolute Gasteiger partial charge is 0.487 e. The molecule has 0 radical (unpaired) electrons. The summed E-state index contributed by atoms with van der Waals surface area (Å²) in [6, 6.07) is 9.64. The Morgan fingerprint density at radius 2 is 1.96 bits per heavy atom. The van der Waals surface area contributed by atoms with E-state index in [0.717, 1.165) is 23.3 Å². The van der Waals surface area contributed by atoms with Crippen molar-refractivity contribution in [3.8, 4) is 5.75 Å². The maximum absolute atomic E-state index is 12.4. The number of halogens is 1. The number of ether oxygens (including phenoxy) is 1. The predicted molar refractivity (Wildman–Crippen MR) is 99.1 cm³/mol. The number of hydrogen-bond donors (Lipinski definition) is 1. The zero-order chi connectivity index (χ0) is 16.8. The van der Waals surface area contributed by atoms with Crippen LogP contribution in [0.25, 0.3) is 0 Å². The van der Waals surface area contributed by atoms with Crippen LogP contribution < -0.4 is 10.1 Å². The number of para-hydroxylation sites is 1. The van der Waals surface area contributed by atoms with Crippen molar-refractivity contribution < 1.29 is 9.53 Å². The van der Waals surface area contributed by atoms with Crippen LogP contribution in [0.4, 0.5) is 0 Å². The van der Waals surface area contributed by atoms with Crippen LogP contribution in [0.15, 0.2) is 35.7 Å². The van der Waals surface area contributed by atoms with Crippen molar-refractivity contribution in [1.29, 1.82) is 0 Å². The molecule has 0 unspecified atom stereocenters. The fourth-order valence-corrected chi connectivity index (χ4v) is 3.96. The number of nitrogens with one attached hydrogen (secondary N) is 1. The van der Waals surface area contributed by atoms with E-state index in [4.69, 9.17) is 16.3 Å². The topological polar surface area (TPSA) is 38.3 Å². The summed E-state index contributed by atoms with van der Waals surface area (Å²) in [6.45, 7) is 0.414. The van der Waals surface area contributed by atoms with E-state index in [-0.39, 0.29) is 5.91 Å². The highest BCUT2D eigenvalue weighted by Gasteiger charge is 2.17. The van der Waals surface area contributed by atoms with E-state index >= 15 is 0 Å². The molecule has 0 spiro atoms. The molecule has 128 valence electrons. The van der Waals surface area contributed by atoms with E-state index in [9.17, 15) is 4.79 Å². The van der Waals surface area contributed by atoms with Gasteiger partial charge >= 0.3 is 0 Å². The van der Waals surface area contributed by atoms with Gasteiger partial charge in [0.05, 0.1) is 9.90 Å². The molecule has 1 aliphatic rings. The molecular formula is C19H22ClNO2S. The first-order valence-electron chi connectivity index (χ1n) is 8.48. The Balaban J connectivity index is 1.54. The Kier molecular flexibility index (Phi) is 6.16. The first-order chi connectivity index (χ1) is 11.7. The third-order valence-electron chi connectivity index (χ3n) is 4.30. The predicted octanol–water partition coefficient (Wildman–Crippen LogP) is 5.43. The third-order valence-corrected chi connectivity index (χ3v) is 5.59. The Morgan fingerprint density at radius 3 is 2.71 bits per heavy atom. The molecule has 2 aromatic rings. The molecule has 0 atom stereocenters. The second kappa shape index (κ2) is 8.54. The van der Waals surface area contributed by atoms with E-state index < -0.39 is 0 Å². The lowest BCUT2D eigenvalue weighted by Crippen LogP contribution is -2.33. The zero-order valence-electron chi connectivity index (χ0n) is 13.6. The van der Waals surface area contributed by atoms with Crippen molar-refractivity contribution >= 4 is 28.8 Å². The van der Waals surface area contributed by atoms with Gasteiger partial charge in [0.15, 0.2) is 0 Å². The van der Waals surface area contributed by atoms with Crippen molar-refractivity contribution in [2.75, 3.05) is 0 Å². The summed E-state index contributed by atoms with van der Waals surface area (Å²) in [7, 11) is 0. The number of hydrogen-bond acceptors (Lipinski definition) is 3. The van der Waals surface area contributed by atoms with Crippen molar-refractivity contribution in [1.82, 2.24) is 5.32 Å². The van der Waals surface area contributed by atoms with E-state index in [2.05, 4.69) is 5.32 Å². The van der Waals surface area contributed by atoms with Gasteiger partial charge in [-0.05, 0) is 36.4 Å². The highest BCUT2D eigenvalue weighted by atomic mass is 35.5. The number of carbonyl (C=O) groups is 1. The second-order valence-electron chi connectivity index (χ2n) is 6.20. The first kappa shape index (κ1) is 17.3. The van der Waals surface area contributed by atoms with E-state index in [1.807, 2.05) is 29.6 Å². The fourth-order valence-electron chi connectivity index (χ4n) is 2.97. The molecule has 1 N–H and O–H groups in total. The third kappa shape index (κ3) is 4.74. The molecule has 1 heterocycles. The summed E-state index contributed by atoms with van der Waals surface area (Å²) in [5, 5.41) is 5.75. The summed E-state index contributed by atoms with van der Waals surface area (Å²) in [5.41, 5.74) is 0.992. The molecule has 3 nitrogen and oxygen atoms in total. The summed E-state index contributed by atoms with van der Waals surface area (Å²) in [6.07, 6.45) is 7.20. The van der Waals surface area contributed by atoms with Crippen molar-refractivity contribution in [2.45, 2.75) is 51.2 Å².